The molecule has 0 amide bonds. The van der Waals surface area contributed by atoms with Gasteiger partial charge in [-0.3, -0.25) is 4.79 Å². The molecule has 2 aromatic heterocycles. The summed E-state index contributed by atoms with van der Waals surface area (Å²) in [5, 5.41) is 10.5. The molecule has 0 bridgehead atoms. The molecule has 0 aliphatic carbocycles. The van der Waals surface area contributed by atoms with Crippen molar-refractivity contribution in [3.63, 3.8) is 0 Å². The molecule has 0 unspecified atom stereocenters. The van der Waals surface area contributed by atoms with Crippen LogP contribution in [0, 0.1) is 0 Å². The van der Waals surface area contributed by atoms with Gasteiger partial charge >= 0.3 is 5.97 Å². The first-order valence-electron chi connectivity index (χ1n) is 6.31. The lowest BCUT2D eigenvalue weighted by Gasteiger charge is -2.07. The molecule has 0 fully saturated rings. The third-order valence-corrected chi connectivity index (χ3v) is 4.71. The van der Waals surface area contributed by atoms with Crippen molar-refractivity contribution in [3.8, 4) is 0 Å². The fourth-order valence-corrected chi connectivity index (χ4v) is 3.43. The Morgan fingerprint density at radius 3 is 2.70 bits per heavy atom. The molecule has 1 N–H and O–H groups in total. The molecule has 0 aliphatic rings. The molecule has 3 aromatic rings. The Morgan fingerprint density at radius 1 is 1.30 bits per heavy atom. The number of aryl methyl sites for hydroxylation is 2. The van der Waals surface area contributed by atoms with Crippen LogP contribution in [0.25, 0.3) is 21.0 Å². The van der Waals surface area contributed by atoms with Crippen molar-refractivity contribution in [2.24, 2.45) is 7.05 Å². The zero-order valence-electron chi connectivity index (χ0n) is 11.1. The van der Waals surface area contributed by atoms with Crippen molar-refractivity contribution in [3.05, 3.63) is 45.1 Å². The summed E-state index contributed by atoms with van der Waals surface area (Å²) < 4.78 is 2.35. The fraction of sp³-hybridized carbons (Fsp3) is 0.200. The van der Waals surface area contributed by atoms with Crippen LogP contribution >= 0.6 is 11.3 Å². The van der Waals surface area contributed by atoms with Crippen molar-refractivity contribution < 1.29 is 9.90 Å². The highest BCUT2D eigenvalue weighted by Gasteiger charge is 2.15. The normalized spacial score (nSPS) is 11.3. The fourth-order valence-electron chi connectivity index (χ4n) is 2.41. The Bertz CT molecular complexity index is 905. The second-order valence-corrected chi connectivity index (χ2v) is 5.78. The summed E-state index contributed by atoms with van der Waals surface area (Å²) in [5.74, 6) is -0.994. The first-order chi connectivity index (χ1) is 9.52. The second kappa shape index (κ2) is 4.45. The van der Waals surface area contributed by atoms with Gasteiger partial charge in [0.05, 0.1) is 15.6 Å². The molecular formula is C15H13NO3S. The van der Waals surface area contributed by atoms with Gasteiger partial charge < -0.3 is 9.67 Å². The Hall–Kier alpha value is -2.14. The number of aromatic nitrogens is 1. The van der Waals surface area contributed by atoms with Crippen LogP contribution < -0.4 is 5.56 Å². The monoisotopic (exact) mass is 287 g/mol. The molecule has 0 aliphatic heterocycles. The lowest BCUT2D eigenvalue weighted by atomic mass is 10.1. The van der Waals surface area contributed by atoms with Crippen LogP contribution in [0.3, 0.4) is 0 Å². The van der Waals surface area contributed by atoms with Crippen molar-refractivity contribution in [1.29, 1.82) is 0 Å². The van der Waals surface area contributed by atoms with Gasteiger partial charge in [-0.15, -0.1) is 11.3 Å². The molecule has 0 saturated heterocycles. The summed E-state index contributed by atoms with van der Waals surface area (Å²) in [6.45, 7) is 2.06. The smallest absolute Gasteiger partial charge is 0.345 e. The quantitative estimate of drug-likeness (QED) is 0.788. The molecule has 2 heterocycles. The molecule has 5 heteroatoms. The van der Waals surface area contributed by atoms with E-state index < -0.39 is 5.97 Å². The maximum absolute atomic E-state index is 12.4. The Kier molecular flexibility index (Phi) is 2.87. The lowest BCUT2D eigenvalue weighted by Crippen LogP contribution is -2.16. The summed E-state index contributed by atoms with van der Waals surface area (Å²) in [4.78, 5) is 23.7. The van der Waals surface area contributed by atoms with Crippen molar-refractivity contribution >= 4 is 38.3 Å². The summed E-state index contributed by atoms with van der Waals surface area (Å²) in [6, 6.07) is 7.46. The number of carbonyl (C=O) groups is 1. The molecule has 0 radical (unpaired) electrons. The number of hydrogen-bond donors (Lipinski definition) is 1. The highest BCUT2D eigenvalue weighted by Crippen LogP contribution is 2.30. The van der Waals surface area contributed by atoms with Gasteiger partial charge in [-0.05, 0) is 24.1 Å². The van der Waals surface area contributed by atoms with Crippen molar-refractivity contribution in [2.45, 2.75) is 13.3 Å². The Balaban J connectivity index is 2.52. The number of fused-ring (bicyclic) bond motifs is 3. The van der Waals surface area contributed by atoms with Crippen LogP contribution in [0.5, 0.6) is 0 Å². The number of aromatic carboxylic acids is 1. The zero-order valence-corrected chi connectivity index (χ0v) is 12.0. The predicted octanol–water partition coefficient (Wildman–Crippen LogP) is 3.01. The molecule has 0 spiro atoms. The van der Waals surface area contributed by atoms with Gasteiger partial charge in [-0.25, -0.2) is 4.79 Å². The first-order valence-corrected chi connectivity index (χ1v) is 7.13. The molecule has 0 atom stereocenters. The SMILES string of the molecule is CCc1ccc2c3sc(C(=O)O)cc3c(=O)n(C)c2c1. The standard InChI is InChI=1S/C15H13NO3S/c1-3-8-4-5-9-11(6-8)16(2)14(17)10-7-12(15(18)19)20-13(9)10/h4-7H,3H2,1-2H3,(H,18,19). The molecular weight excluding hydrogens is 274 g/mol. The maximum atomic E-state index is 12.4. The number of carboxylic acids is 1. The summed E-state index contributed by atoms with van der Waals surface area (Å²) in [6.07, 6.45) is 0.896. The van der Waals surface area contributed by atoms with Crippen LogP contribution in [0.2, 0.25) is 0 Å². The zero-order chi connectivity index (χ0) is 14.4. The molecule has 102 valence electrons. The van der Waals surface area contributed by atoms with E-state index in [2.05, 4.69) is 6.92 Å². The minimum atomic E-state index is -0.994. The van der Waals surface area contributed by atoms with E-state index in [0.717, 1.165) is 38.9 Å². The van der Waals surface area contributed by atoms with Crippen LogP contribution in [-0.2, 0) is 13.5 Å². The van der Waals surface area contributed by atoms with Crippen LogP contribution in [0.1, 0.15) is 22.2 Å². The van der Waals surface area contributed by atoms with E-state index in [0.29, 0.717) is 5.39 Å². The van der Waals surface area contributed by atoms with Gasteiger partial charge in [0.25, 0.3) is 5.56 Å². The number of rotatable bonds is 2. The van der Waals surface area contributed by atoms with E-state index in [1.165, 1.54) is 6.07 Å². The highest BCUT2D eigenvalue weighted by molar-refractivity contribution is 7.21. The number of benzene rings is 1. The summed E-state index contributed by atoms with van der Waals surface area (Å²) in [5.41, 5.74) is 1.85. The Morgan fingerprint density at radius 2 is 2.05 bits per heavy atom. The van der Waals surface area contributed by atoms with Crippen molar-refractivity contribution in [2.75, 3.05) is 0 Å². The largest absolute Gasteiger partial charge is 0.477 e. The molecule has 4 nitrogen and oxygen atoms in total. The molecule has 3 rings (SSSR count). The summed E-state index contributed by atoms with van der Waals surface area (Å²) in [7, 11) is 1.72. The van der Waals surface area contributed by atoms with Gasteiger partial charge in [-0.2, -0.15) is 0 Å². The van der Waals surface area contributed by atoms with E-state index in [1.807, 2.05) is 18.2 Å². The van der Waals surface area contributed by atoms with Crippen LogP contribution in [-0.4, -0.2) is 15.6 Å². The van der Waals surface area contributed by atoms with Crippen LogP contribution in [0.15, 0.2) is 29.1 Å². The molecule has 1 aromatic carbocycles. The predicted molar refractivity (Wildman–Crippen MR) is 80.9 cm³/mol. The number of nitrogens with zero attached hydrogens (tertiary/aromatic N) is 1. The van der Waals surface area contributed by atoms with E-state index in [9.17, 15) is 9.59 Å². The first kappa shape index (κ1) is 12.9. The van der Waals surface area contributed by atoms with Gasteiger partial charge in [0, 0.05) is 12.4 Å². The van der Waals surface area contributed by atoms with Gasteiger partial charge in [0.15, 0.2) is 0 Å². The lowest BCUT2D eigenvalue weighted by molar-refractivity contribution is 0.0702. The third-order valence-electron chi connectivity index (χ3n) is 3.55. The highest BCUT2D eigenvalue weighted by atomic mass is 32.1. The summed E-state index contributed by atoms with van der Waals surface area (Å²) >= 11 is 1.16. The third kappa shape index (κ3) is 1.74. The minimum absolute atomic E-state index is 0.149. The average Bonchev–Trinajstić information content (AvgIpc) is 2.89. The topological polar surface area (TPSA) is 59.3 Å². The molecule has 20 heavy (non-hydrogen) atoms. The van der Waals surface area contributed by atoms with Crippen molar-refractivity contribution in [1.82, 2.24) is 4.57 Å². The van der Waals surface area contributed by atoms with E-state index >= 15 is 0 Å². The second-order valence-electron chi connectivity index (χ2n) is 4.73. The van der Waals surface area contributed by atoms with Gasteiger partial charge in [0.2, 0.25) is 0 Å². The van der Waals surface area contributed by atoms with Crippen LogP contribution in [0.4, 0.5) is 0 Å². The number of carboxylic acid groups (broad SMARTS) is 1. The number of hydrogen-bond acceptors (Lipinski definition) is 3. The minimum Gasteiger partial charge on any atom is -0.477 e. The van der Waals surface area contributed by atoms with Gasteiger partial charge in [-0.1, -0.05) is 19.1 Å². The van der Waals surface area contributed by atoms with E-state index in [1.54, 1.807) is 11.6 Å². The van der Waals surface area contributed by atoms with E-state index in [-0.39, 0.29) is 10.4 Å². The maximum Gasteiger partial charge on any atom is 0.345 e. The number of thiophene rings is 1. The average molecular weight is 287 g/mol. The van der Waals surface area contributed by atoms with Gasteiger partial charge in [0.1, 0.15) is 4.88 Å². The Labute approximate surface area is 118 Å². The van der Waals surface area contributed by atoms with E-state index in [4.69, 9.17) is 5.11 Å². The molecule has 0 saturated carbocycles. The number of pyridine rings is 1.